The molecule has 0 spiro atoms. The van der Waals surface area contributed by atoms with E-state index < -0.39 is 74.1 Å². The minimum Gasteiger partial charge on any atom is -0.394 e. The average molecular weight is 621 g/mol. The first-order valence-electron chi connectivity index (χ1n) is 16.2. The summed E-state index contributed by atoms with van der Waals surface area (Å²) in [5.74, 6) is -0.0260. The molecule has 0 aromatic heterocycles. The fourth-order valence-corrected chi connectivity index (χ4v) is 6.01. The Morgan fingerprint density at radius 1 is 0.767 bits per heavy atom. The maximum atomic E-state index is 11.1. The van der Waals surface area contributed by atoms with E-state index in [0.29, 0.717) is 5.92 Å². The third-order valence-corrected chi connectivity index (χ3v) is 9.05. The van der Waals surface area contributed by atoms with Crippen molar-refractivity contribution in [3.8, 4) is 0 Å². The van der Waals surface area contributed by atoms with E-state index in [0.717, 1.165) is 36.7 Å². The van der Waals surface area contributed by atoms with Crippen LogP contribution in [0.3, 0.4) is 0 Å². The van der Waals surface area contributed by atoms with Gasteiger partial charge in [-0.3, -0.25) is 0 Å². The van der Waals surface area contributed by atoms with Crippen molar-refractivity contribution >= 4 is 0 Å². The van der Waals surface area contributed by atoms with Gasteiger partial charge in [0, 0.05) is 6.42 Å². The summed E-state index contributed by atoms with van der Waals surface area (Å²) >= 11 is 0. The fourth-order valence-electron chi connectivity index (χ4n) is 6.01. The van der Waals surface area contributed by atoms with E-state index in [1.165, 1.54) is 38.5 Å². The Labute approximate surface area is 257 Å². The lowest BCUT2D eigenvalue weighted by Crippen LogP contribution is -2.67. The summed E-state index contributed by atoms with van der Waals surface area (Å²) in [5.41, 5.74) is 1.00. The summed E-state index contributed by atoms with van der Waals surface area (Å²) in [4.78, 5) is 0. The van der Waals surface area contributed by atoms with E-state index in [4.69, 9.17) is 14.2 Å². The predicted molar refractivity (Wildman–Crippen MR) is 161 cm³/mol. The van der Waals surface area contributed by atoms with Crippen LogP contribution in [0.2, 0.25) is 0 Å². The lowest BCUT2D eigenvalue weighted by atomic mass is 9.89. The molecule has 2 aliphatic heterocycles. The van der Waals surface area contributed by atoms with Gasteiger partial charge in [-0.2, -0.15) is 0 Å². The topological polar surface area (TPSA) is 190 Å². The van der Waals surface area contributed by atoms with Crippen LogP contribution in [0, 0.1) is 17.8 Å². The van der Waals surface area contributed by atoms with Gasteiger partial charge in [0.25, 0.3) is 0 Å². The molecule has 2 aliphatic rings. The van der Waals surface area contributed by atoms with Crippen LogP contribution >= 0.6 is 0 Å². The quantitative estimate of drug-likeness (QED) is 0.104. The van der Waals surface area contributed by atoms with E-state index in [-0.39, 0.29) is 6.42 Å². The number of aliphatic hydroxyl groups is 8. The summed E-state index contributed by atoms with van der Waals surface area (Å²) in [7, 11) is 0. The van der Waals surface area contributed by atoms with E-state index in [1.54, 1.807) is 6.08 Å². The number of ether oxygens (including phenoxy) is 3. The Kier molecular flexibility index (Phi) is 16.5. The molecule has 2 saturated heterocycles. The van der Waals surface area contributed by atoms with Gasteiger partial charge in [0.1, 0.15) is 48.8 Å². The molecular weight excluding hydrogens is 560 g/mol. The Balaban J connectivity index is 1.83. The smallest absolute Gasteiger partial charge is 0.198 e. The molecule has 0 aromatic carbocycles. The van der Waals surface area contributed by atoms with Crippen molar-refractivity contribution in [2.45, 2.75) is 160 Å². The molecule has 0 amide bonds. The van der Waals surface area contributed by atoms with Crippen molar-refractivity contribution in [2.75, 3.05) is 13.2 Å². The maximum Gasteiger partial charge on any atom is 0.198 e. The highest BCUT2D eigenvalue weighted by Crippen LogP contribution is 2.35. The Hall–Kier alpha value is -0.700. The van der Waals surface area contributed by atoms with Crippen molar-refractivity contribution in [2.24, 2.45) is 17.8 Å². The Bertz CT molecular complexity index is 806. The zero-order chi connectivity index (χ0) is 32.3. The van der Waals surface area contributed by atoms with Crippen molar-refractivity contribution in [1.82, 2.24) is 0 Å². The van der Waals surface area contributed by atoms with Crippen LogP contribution in [0.1, 0.15) is 98.8 Å². The first-order valence-corrected chi connectivity index (χ1v) is 16.2. The van der Waals surface area contributed by atoms with Gasteiger partial charge in [0.05, 0.1) is 13.2 Å². The second-order valence-corrected chi connectivity index (χ2v) is 13.5. The minimum absolute atomic E-state index is 0.134. The van der Waals surface area contributed by atoms with Crippen LogP contribution in [-0.4, -0.2) is 115 Å². The van der Waals surface area contributed by atoms with Gasteiger partial charge in [-0.05, 0) is 37.5 Å². The second-order valence-electron chi connectivity index (χ2n) is 13.5. The Morgan fingerprint density at radius 3 is 1.88 bits per heavy atom. The molecule has 11 nitrogen and oxygen atoms in total. The lowest BCUT2D eigenvalue weighted by molar-refractivity contribution is -0.382. The van der Waals surface area contributed by atoms with Gasteiger partial charge < -0.3 is 55.1 Å². The minimum atomic E-state index is -2.21. The monoisotopic (exact) mass is 620 g/mol. The van der Waals surface area contributed by atoms with Gasteiger partial charge in [-0.25, -0.2) is 0 Å². The van der Waals surface area contributed by atoms with E-state index >= 15 is 0 Å². The molecule has 8 N–H and O–H groups in total. The lowest BCUT2D eigenvalue weighted by Gasteiger charge is -2.48. The summed E-state index contributed by atoms with van der Waals surface area (Å²) in [5, 5.41) is 82.3. The molecule has 0 bridgehead atoms. The summed E-state index contributed by atoms with van der Waals surface area (Å²) in [6.07, 6.45) is -2.11. The molecule has 11 heteroatoms. The van der Waals surface area contributed by atoms with Crippen LogP contribution in [0.5, 0.6) is 0 Å². The predicted octanol–water partition coefficient (Wildman–Crippen LogP) is 1.75. The molecule has 1 unspecified atom stereocenters. The molecule has 43 heavy (non-hydrogen) atoms. The van der Waals surface area contributed by atoms with Gasteiger partial charge in [0.15, 0.2) is 12.1 Å². The largest absolute Gasteiger partial charge is 0.394 e. The number of hydrogen-bond donors (Lipinski definition) is 8. The van der Waals surface area contributed by atoms with Crippen molar-refractivity contribution in [1.29, 1.82) is 0 Å². The third kappa shape index (κ3) is 11.6. The third-order valence-electron chi connectivity index (χ3n) is 9.05. The summed E-state index contributed by atoms with van der Waals surface area (Å²) in [6, 6.07) is 0. The molecule has 0 aliphatic carbocycles. The first kappa shape index (κ1) is 38.5. The molecular formula is C32H60O11. The molecule has 0 saturated carbocycles. The molecule has 12 atom stereocenters. The van der Waals surface area contributed by atoms with Crippen LogP contribution < -0.4 is 0 Å². The fraction of sp³-hybridized carbons (Fsp3) is 0.938. The van der Waals surface area contributed by atoms with Crippen molar-refractivity contribution < 1.29 is 55.1 Å². The molecule has 2 fully saturated rings. The molecule has 0 radical (unpaired) electrons. The number of hydrogen-bond acceptors (Lipinski definition) is 11. The standard InChI is InChI=1S/C32H60O11/c1-19(2)9-6-10-20(3)11-7-12-21(4)13-8-14-22(5)15-16-32(40)30(39)28(38)29(24(18-34)43-32)42-31-27(37)26(36)25(35)23(17-33)41-31/h15,19-21,23-31,33-40H,6-14,16-18H2,1-5H3/b22-15+/t20-,21-,23-,24-,25+,26+,27-,28+,29-,30-,31+,32?/m1/s1. The molecule has 254 valence electrons. The van der Waals surface area contributed by atoms with Crippen LogP contribution in [0.25, 0.3) is 0 Å². The van der Waals surface area contributed by atoms with E-state index in [2.05, 4.69) is 27.7 Å². The van der Waals surface area contributed by atoms with Gasteiger partial charge in [-0.1, -0.05) is 84.3 Å². The number of allylic oxidation sites excluding steroid dienone is 1. The van der Waals surface area contributed by atoms with Gasteiger partial charge >= 0.3 is 0 Å². The average Bonchev–Trinajstić information content (AvgIpc) is 2.96. The van der Waals surface area contributed by atoms with Crippen molar-refractivity contribution in [3.05, 3.63) is 11.6 Å². The van der Waals surface area contributed by atoms with Gasteiger partial charge in [0.2, 0.25) is 0 Å². The highest BCUT2D eigenvalue weighted by molar-refractivity contribution is 5.05. The van der Waals surface area contributed by atoms with Crippen LogP contribution in [0.4, 0.5) is 0 Å². The number of aliphatic hydroxyl groups excluding tert-OH is 7. The normalized spacial score (nSPS) is 37.1. The Morgan fingerprint density at radius 2 is 1.33 bits per heavy atom. The van der Waals surface area contributed by atoms with E-state index in [1.807, 2.05) is 6.92 Å². The van der Waals surface area contributed by atoms with Crippen molar-refractivity contribution in [3.63, 3.8) is 0 Å². The molecule has 2 heterocycles. The van der Waals surface area contributed by atoms with E-state index in [9.17, 15) is 40.9 Å². The first-order chi connectivity index (χ1) is 20.2. The van der Waals surface area contributed by atoms with Crippen LogP contribution in [-0.2, 0) is 14.2 Å². The molecule has 0 aromatic rings. The summed E-state index contributed by atoms with van der Waals surface area (Å²) in [6.45, 7) is 9.75. The van der Waals surface area contributed by atoms with Crippen LogP contribution in [0.15, 0.2) is 11.6 Å². The highest BCUT2D eigenvalue weighted by atomic mass is 16.7. The molecule has 2 rings (SSSR count). The summed E-state index contributed by atoms with van der Waals surface area (Å²) < 4.78 is 16.5. The zero-order valence-electron chi connectivity index (χ0n) is 26.8. The highest BCUT2D eigenvalue weighted by Gasteiger charge is 2.55. The zero-order valence-corrected chi connectivity index (χ0v) is 26.8. The maximum absolute atomic E-state index is 11.1. The van der Waals surface area contributed by atoms with Gasteiger partial charge in [-0.15, -0.1) is 0 Å². The number of rotatable bonds is 18. The second kappa shape index (κ2) is 18.4. The SMILES string of the molecule is C/C(=C\CC1(O)O[C@H](CO)[C@@H](O[C@@H]2O[C@H](CO)[C@H](O)[C@H](O)[C@H]2O)[C@H](O)[C@H]1O)CCC[C@H](C)CCC[C@H](C)CCCC(C)C.